The van der Waals surface area contributed by atoms with Gasteiger partial charge in [0.25, 0.3) is 0 Å². The first-order valence-electron chi connectivity index (χ1n) is 8.97. The number of unbranched alkanes of at least 4 members (excludes halogenated alkanes) is 2. The van der Waals surface area contributed by atoms with Gasteiger partial charge in [0.2, 0.25) is 0 Å². The molecule has 0 fully saturated rings. The topological polar surface area (TPSA) is 23.6 Å². The van der Waals surface area contributed by atoms with Crippen molar-refractivity contribution in [2.75, 3.05) is 22.9 Å². The molecular weight excluding hydrogens is 296 g/mol. The average molecular weight is 324 g/mol. The van der Waals surface area contributed by atoms with E-state index in [2.05, 4.69) is 13.8 Å². The van der Waals surface area contributed by atoms with Crippen molar-refractivity contribution in [1.82, 2.24) is 0 Å². The Kier molecular flexibility index (Phi) is 7.34. The highest BCUT2D eigenvalue weighted by atomic mass is 16.2. The maximum atomic E-state index is 13.3. The summed E-state index contributed by atoms with van der Waals surface area (Å²) in [5.74, 6) is 0. The van der Waals surface area contributed by atoms with Gasteiger partial charge in [-0.1, -0.05) is 63.1 Å². The molecule has 0 heterocycles. The predicted octanol–water partition coefficient (Wildman–Crippen LogP) is 5.72. The number of hydrogen-bond acceptors (Lipinski definition) is 1. The van der Waals surface area contributed by atoms with Gasteiger partial charge in [-0.05, 0) is 37.1 Å². The van der Waals surface area contributed by atoms with Crippen molar-refractivity contribution in [2.45, 2.75) is 39.5 Å². The molecule has 0 bridgehead atoms. The zero-order chi connectivity index (χ0) is 17.2. The molecule has 0 N–H and O–H groups in total. The Hall–Kier alpha value is -2.29. The molecule has 3 nitrogen and oxygen atoms in total. The summed E-state index contributed by atoms with van der Waals surface area (Å²) in [7, 11) is 0. The van der Waals surface area contributed by atoms with Crippen LogP contribution in [0.3, 0.4) is 0 Å². The average Bonchev–Trinajstić information content (AvgIpc) is 2.64. The number of amides is 2. The van der Waals surface area contributed by atoms with E-state index < -0.39 is 0 Å². The van der Waals surface area contributed by atoms with Crippen molar-refractivity contribution in [3.05, 3.63) is 60.7 Å². The van der Waals surface area contributed by atoms with Crippen LogP contribution in [0, 0.1) is 0 Å². The zero-order valence-corrected chi connectivity index (χ0v) is 14.8. The Morgan fingerprint density at radius 3 is 1.42 bits per heavy atom. The number of rotatable bonds is 8. The van der Waals surface area contributed by atoms with Crippen molar-refractivity contribution >= 4 is 17.4 Å². The summed E-state index contributed by atoms with van der Waals surface area (Å²) in [6, 6.07) is 20.0. The van der Waals surface area contributed by atoms with Crippen LogP contribution in [-0.2, 0) is 0 Å². The monoisotopic (exact) mass is 324 g/mol. The molecule has 3 heteroatoms. The van der Waals surface area contributed by atoms with Gasteiger partial charge in [0.05, 0.1) is 0 Å². The highest BCUT2D eigenvalue weighted by Crippen LogP contribution is 2.21. The zero-order valence-electron chi connectivity index (χ0n) is 14.8. The summed E-state index contributed by atoms with van der Waals surface area (Å²) in [6.07, 6.45) is 4.13. The molecule has 0 saturated carbocycles. The maximum absolute atomic E-state index is 13.3. The first kappa shape index (κ1) is 18.1. The standard InChI is InChI=1S/C21H28N2O/c1-3-5-17-22(19-13-9-7-10-14-19)21(24)23(18-6-4-2)20-15-11-8-12-16-20/h7-16H,3-6,17-18H2,1-2H3. The maximum Gasteiger partial charge on any atom is 0.328 e. The lowest BCUT2D eigenvalue weighted by Crippen LogP contribution is -2.44. The number of benzene rings is 2. The third kappa shape index (κ3) is 4.85. The third-order valence-electron chi connectivity index (χ3n) is 4.07. The summed E-state index contributed by atoms with van der Waals surface area (Å²) >= 11 is 0. The van der Waals surface area contributed by atoms with E-state index in [0.717, 1.165) is 50.1 Å². The lowest BCUT2D eigenvalue weighted by molar-refractivity contribution is 0.251. The minimum Gasteiger partial charge on any atom is -0.294 e. The molecule has 2 aromatic rings. The summed E-state index contributed by atoms with van der Waals surface area (Å²) < 4.78 is 0. The summed E-state index contributed by atoms with van der Waals surface area (Å²) in [4.78, 5) is 17.1. The molecule has 24 heavy (non-hydrogen) atoms. The van der Waals surface area contributed by atoms with E-state index in [1.807, 2.05) is 70.5 Å². The van der Waals surface area contributed by atoms with E-state index in [-0.39, 0.29) is 6.03 Å². The number of anilines is 2. The number of para-hydroxylation sites is 2. The lowest BCUT2D eigenvalue weighted by atomic mass is 10.2. The van der Waals surface area contributed by atoms with Crippen LogP contribution in [0.15, 0.2) is 60.7 Å². The number of carbonyl (C=O) groups excluding carboxylic acids is 1. The second kappa shape index (κ2) is 9.76. The van der Waals surface area contributed by atoms with Crippen LogP contribution in [0.25, 0.3) is 0 Å². The van der Waals surface area contributed by atoms with Crippen molar-refractivity contribution in [3.8, 4) is 0 Å². The van der Waals surface area contributed by atoms with Crippen LogP contribution in [0.5, 0.6) is 0 Å². The minimum absolute atomic E-state index is 0.0642. The van der Waals surface area contributed by atoms with Crippen LogP contribution >= 0.6 is 0 Å². The second-order valence-corrected chi connectivity index (χ2v) is 5.96. The minimum atomic E-state index is 0.0642. The number of urea groups is 1. The number of nitrogens with zero attached hydrogens (tertiary/aromatic N) is 2. The molecule has 0 aliphatic rings. The molecule has 0 saturated heterocycles. The second-order valence-electron chi connectivity index (χ2n) is 5.96. The molecule has 2 amide bonds. The summed E-state index contributed by atoms with van der Waals surface area (Å²) in [6.45, 7) is 5.79. The van der Waals surface area contributed by atoms with Gasteiger partial charge in [0.1, 0.15) is 0 Å². The fraction of sp³-hybridized carbons (Fsp3) is 0.381. The Morgan fingerprint density at radius 1 is 0.708 bits per heavy atom. The SMILES string of the molecule is CCCCN(C(=O)N(CCCC)c1ccccc1)c1ccccc1. The lowest BCUT2D eigenvalue weighted by Gasteiger charge is -2.31. The molecule has 2 aromatic carbocycles. The fourth-order valence-corrected chi connectivity index (χ4v) is 2.66. The molecule has 0 aliphatic carbocycles. The molecular formula is C21H28N2O. The fourth-order valence-electron chi connectivity index (χ4n) is 2.66. The van der Waals surface area contributed by atoms with Crippen LogP contribution in [0.2, 0.25) is 0 Å². The first-order chi connectivity index (χ1) is 11.8. The van der Waals surface area contributed by atoms with Gasteiger partial charge < -0.3 is 0 Å². The molecule has 0 aliphatic heterocycles. The third-order valence-corrected chi connectivity index (χ3v) is 4.07. The number of carbonyl (C=O) groups is 1. The van der Waals surface area contributed by atoms with E-state index >= 15 is 0 Å². The van der Waals surface area contributed by atoms with E-state index in [1.165, 1.54) is 0 Å². The molecule has 128 valence electrons. The van der Waals surface area contributed by atoms with Gasteiger partial charge in [-0.15, -0.1) is 0 Å². The Labute approximate surface area is 145 Å². The van der Waals surface area contributed by atoms with Gasteiger partial charge in [0.15, 0.2) is 0 Å². The highest BCUT2D eigenvalue weighted by molar-refractivity contribution is 6.03. The predicted molar refractivity (Wildman–Crippen MR) is 103 cm³/mol. The normalized spacial score (nSPS) is 10.4. The van der Waals surface area contributed by atoms with Crippen LogP contribution in [0.1, 0.15) is 39.5 Å². The van der Waals surface area contributed by atoms with Crippen LogP contribution in [-0.4, -0.2) is 19.1 Å². The Morgan fingerprint density at radius 2 is 1.08 bits per heavy atom. The van der Waals surface area contributed by atoms with Gasteiger partial charge >= 0.3 is 6.03 Å². The van der Waals surface area contributed by atoms with Crippen LogP contribution < -0.4 is 9.80 Å². The number of hydrogen-bond donors (Lipinski definition) is 0. The molecule has 0 radical (unpaired) electrons. The van der Waals surface area contributed by atoms with Crippen molar-refractivity contribution in [3.63, 3.8) is 0 Å². The van der Waals surface area contributed by atoms with E-state index in [9.17, 15) is 4.79 Å². The van der Waals surface area contributed by atoms with E-state index in [4.69, 9.17) is 0 Å². The van der Waals surface area contributed by atoms with Crippen molar-refractivity contribution < 1.29 is 4.79 Å². The molecule has 0 unspecified atom stereocenters. The van der Waals surface area contributed by atoms with Gasteiger partial charge in [-0.2, -0.15) is 0 Å². The molecule has 2 rings (SSSR count). The van der Waals surface area contributed by atoms with Gasteiger partial charge in [0, 0.05) is 24.5 Å². The van der Waals surface area contributed by atoms with Crippen molar-refractivity contribution in [2.24, 2.45) is 0 Å². The van der Waals surface area contributed by atoms with E-state index in [0.29, 0.717) is 0 Å². The smallest absolute Gasteiger partial charge is 0.294 e. The molecule has 0 atom stereocenters. The summed E-state index contributed by atoms with van der Waals surface area (Å²) in [5.41, 5.74) is 1.93. The highest BCUT2D eigenvalue weighted by Gasteiger charge is 2.22. The van der Waals surface area contributed by atoms with Gasteiger partial charge in [-0.25, -0.2) is 4.79 Å². The van der Waals surface area contributed by atoms with Gasteiger partial charge in [-0.3, -0.25) is 9.80 Å². The van der Waals surface area contributed by atoms with Crippen molar-refractivity contribution in [1.29, 1.82) is 0 Å². The molecule has 0 spiro atoms. The Bertz CT molecular complexity index is 544. The Balaban J connectivity index is 2.29. The largest absolute Gasteiger partial charge is 0.328 e. The van der Waals surface area contributed by atoms with E-state index in [1.54, 1.807) is 0 Å². The molecule has 0 aromatic heterocycles. The quantitative estimate of drug-likeness (QED) is 0.609. The summed E-state index contributed by atoms with van der Waals surface area (Å²) in [5, 5.41) is 0. The van der Waals surface area contributed by atoms with Crippen LogP contribution in [0.4, 0.5) is 16.2 Å². The first-order valence-corrected chi connectivity index (χ1v) is 8.97.